The van der Waals surface area contributed by atoms with Crippen molar-refractivity contribution in [2.45, 2.75) is 13.0 Å². The van der Waals surface area contributed by atoms with Crippen molar-refractivity contribution in [3.63, 3.8) is 0 Å². The summed E-state index contributed by atoms with van der Waals surface area (Å²) < 4.78 is 0.882. The minimum atomic E-state index is -0.108. The fourth-order valence-electron chi connectivity index (χ4n) is 4.47. The summed E-state index contributed by atoms with van der Waals surface area (Å²) in [7, 11) is 6.24. The number of benzene rings is 3. The second kappa shape index (κ2) is 8.97. The Hall–Kier alpha value is -3.44. The Morgan fingerprint density at radius 3 is 1.94 bits per heavy atom. The molecular formula is C27H30N3O2+. The average Bonchev–Trinajstić information content (AvgIpc) is 2.80. The van der Waals surface area contributed by atoms with E-state index < -0.39 is 0 Å². The molecule has 5 nitrogen and oxygen atoms in total. The van der Waals surface area contributed by atoms with E-state index in [2.05, 4.69) is 49.0 Å². The number of rotatable bonds is 8. The molecule has 0 saturated heterocycles. The normalized spacial score (nSPS) is 12.8. The van der Waals surface area contributed by atoms with Crippen LogP contribution in [0.2, 0.25) is 0 Å². The van der Waals surface area contributed by atoms with Crippen molar-refractivity contribution < 1.29 is 14.1 Å². The number of hydrogen-bond acceptors (Lipinski definition) is 4. The zero-order valence-electron chi connectivity index (χ0n) is 18.9. The molecule has 3 aromatic carbocycles. The molecule has 0 atom stereocenters. The third-order valence-corrected chi connectivity index (χ3v) is 6.05. The highest BCUT2D eigenvalue weighted by atomic mass is 16.1. The first-order valence-electron chi connectivity index (χ1n) is 11.0. The number of nitrogens with one attached hydrogen (secondary N) is 2. The van der Waals surface area contributed by atoms with Crippen LogP contribution in [0.5, 0.6) is 0 Å². The smallest absolute Gasteiger partial charge is 0.196 e. The molecule has 0 radical (unpaired) electrons. The number of fused-ring (bicyclic) bond motifs is 2. The lowest BCUT2D eigenvalue weighted by atomic mass is 9.82. The van der Waals surface area contributed by atoms with Crippen molar-refractivity contribution in [3.8, 4) is 0 Å². The maximum atomic E-state index is 13.3. The molecule has 0 aliphatic heterocycles. The number of anilines is 2. The Bertz CT molecular complexity index is 1150. The Balaban J connectivity index is 1.50. The van der Waals surface area contributed by atoms with Crippen molar-refractivity contribution in [1.29, 1.82) is 0 Å². The van der Waals surface area contributed by atoms with Gasteiger partial charge in [-0.2, -0.15) is 0 Å². The molecule has 5 heteroatoms. The van der Waals surface area contributed by atoms with Gasteiger partial charge < -0.3 is 15.1 Å². The van der Waals surface area contributed by atoms with Gasteiger partial charge in [0.05, 0.1) is 31.8 Å². The van der Waals surface area contributed by atoms with Crippen LogP contribution < -0.4 is 10.6 Å². The van der Waals surface area contributed by atoms with Crippen molar-refractivity contribution in [2.75, 3.05) is 44.9 Å². The van der Waals surface area contributed by atoms with Crippen molar-refractivity contribution in [1.82, 2.24) is 0 Å². The third-order valence-electron chi connectivity index (χ3n) is 6.05. The van der Waals surface area contributed by atoms with E-state index in [1.54, 1.807) is 31.3 Å². The lowest BCUT2D eigenvalue weighted by Crippen LogP contribution is -2.40. The summed E-state index contributed by atoms with van der Waals surface area (Å²) in [5.41, 5.74) is 4.60. The number of hydrogen-bond donors (Lipinski definition) is 2. The lowest BCUT2D eigenvalue weighted by Gasteiger charge is -2.30. The number of quaternary nitrogens is 1. The van der Waals surface area contributed by atoms with Gasteiger partial charge in [0.2, 0.25) is 0 Å². The number of carbonyl (C=O) groups is 2. The zero-order chi connectivity index (χ0) is 22.7. The van der Waals surface area contributed by atoms with Crippen molar-refractivity contribution >= 4 is 22.9 Å². The lowest BCUT2D eigenvalue weighted by molar-refractivity contribution is -0.903. The first kappa shape index (κ1) is 21.8. The highest BCUT2D eigenvalue weighted by molar-refractivity contribution is 6.31. The third kappa shape index (κ3) is 4.30. The number of carbonyl (C=O) groups excluding carboxylic acids is 2. The Labute approximate surface area is 189 Å². The summed E-state index contributed by atoms with van der Waals surface area (Å²) in [6.07, 6.45) is 0.946. The molecule has 164 valence electrons. The van der Waals surface area contributed by atoms with E-state index in [9.17, 15) is 9.59 Å². The topological polar surface area (TPSA) is 58.2 Å². The molecular weight excluding hydrogens is 398 g/mol. The molecule has 3 aromatic rings. The van der Waals surface area contributed by atoms with Crippen molar-refractivity contribution in [3.05, 3.63) is 94.5 Å². The van der Waals surface area contributed by atoms with Crippen LogP contribution in [0.3, 0.4) is 0 Å². The molecule has 0 bridgehead atoms. The van der Waals surface area contributed by atoms with Gasteiger partial charge in [-0.25, -0.2) is 0 Å². The largest absolute Gasteiger partial charge is 0.388 e. The molecule has 0 aromatic heterocycles. The van der Waals surface area contributed by atoms with E-state index in [4.69, 9.17) is 0 Å². The molecule has 0 heterocycles. The minimum Gasteiger partial charge on any atom is -0.388 e. The average molecular weight is 429 g/mol. The molecule has 0 fully saturated rings. The Morgan fingerprint density at radius 2 is 1.31 bits per heavy atom. The fraction of sp³-hybridized carbons (Fsp3) is 0.259. The Morgan fingerprint density at radius 1 is 0.750 bits per heavy atom. The second-order valence-electron chi connectivity index (χ2n) is 8.95. The Kier molecular flexibility index (Phi) is 6.10. The molecule has 32 heavy (non-hydrogen) atoms. The maximum Gasteiger partial charge on any atom is 0.196 e. The minimum absolute atomic E-state index is 0.102. The van der Waals surface area contributed by atoms with Crippen LogP contribution >= 0.6 is 0 Å². The van der Waals surface area contributed by atoms with Crippen molar-refractivity contribution in [2.24, 2.45) is 0 Å². The molecule has 0 unspecified atom stereocenters. The monoisotopic (exact) mass is 428 g/mol. The highest BCUT2D eigenvalue weighted by Gasteiger charge is 2.33. The second-order valence-corrected chi connectivity index (χ2v) is 8.95. The van der Waals surface area contributed by atoms with Gasteiger partial charge in [-0.05, 0) is 12.1 Å². The van der Waals surface area contributed by atoms with Gasteiger partial charge in [0.15, 0.2) is 11.6 Å². The molecule has 1 aliphatic rings. The predicted octanol–water partition coefficient (Wildman–Crippen LogP) is 4.58. The van der Waals surface area contributed by atoms with Crippen LogP contribution in [0.1, 0.15) is 43.8 Å². The molecule has 4 rings (SSSR count). The van der Waals surface area contributed by atoms with Gasteiger partial charge in [0.1, 0.15) is 6.54 Å². The highest BCUT2D eigenvalue weighted by Crippen LogP contribution is 2.36. The van der Waals surface area contributed by atoms with Gasteiger partial charge >= 0.3 is 0 Å². The van der Waals surface area contributed by atoms with E-state index in [0.29, 0.717) is 27.9 Å². The zero-order valence-corrected chi connectivity index (χ0v) is 18.9. The summed E-state index contributed by atoms with van der Waals surface area (Å²) in [6.45, 7) is 2.69. The summed E-state index contributed by atoms with van der Waals surface area (Å²) >= 11 is 0. The molecule has 2 N–H and O–H groups in total. The maximum absolute atomic E-state index is 13.3. The number of nitrogens with zero attached hydrogens (tertiary/aromatic N) is 1. The van der Waals surface area contributed by atoms with Crippen LogP contribution in [0.25, 0.3) is 0 Å². The fourth-order valence-corrected chi connectivity index (χ4v) is 4.47. The molecule has 1 aliphatic carbocycles. The first-order valence-corrected chi connectivity index (χ1v) is 11.0. The standard InChI is InChI=1S/C27H29N3O2/c1-28-22-14-15-23(25-24(22)26(31)20-12-7-8-13-21(20)27(25)32)29-16-9-17-30(2,3)18-19-10-5-4-6-11-19/h4-8,10-15H,9,16-18H2,1-3H3,(H-,28,29,31,32)/p+1. The first-order chi connectivity index (χ1) is 15.4. The van der Waals surface area contributed by atoms with E-state index in [1.807, 2.05) is 18.2 Å². The summed E-state index contributed by atoms with van der Waals surface area (Å²) in [6, 6.07) is 21.3. The van der Waals surface area contributed by atoms with Crippen LogP contribution in [-0.2, 0) is 6.54 Å². The van der Waals surface area contributed by atoms with E-state index in [0.717, 1.165) is 36.2 Å². The SMILES string of the molecule is CNc1ccc(NCCC[N+](C)(C)Cc2ccccc2)c2c1C(=O)c1ccccc1C2=O. The predicted molar refractivity (Wildman–Crippen MR) is 130 cm³/mol. The van der Waals surface area contributed by atoms with E-state index >= 15 is 0 Å². The summed E-state index contributed by atoms with van der Waals surface area (Å²) in [5.74, 6) is -0.209. The number of ketones is 2. The van der Waals surface area contributed by atoms with Crippen LogP contribution in [0.4, 0.5) is 11.4 Å². The molecule has 0 saturated carbocycles. The van der Waals surface area contributed by atoms with E-state index in [-0.39, 0.29) is 11.6 Å². The molecule has 0 amide bonds. The quantitative estimate of drug-likeness (QED) is 0.319. The molecule has 0 spiro atoms. The van der Waals surface area contributed by atoms with Gasteiger partial charge in [-0.3, -0.25) is 9.59 Å². The van der Waals surface area contributed by atoms with Gasteiger partial charge in [0.25, 0.3) is 0 Å². The van der Waals surface area contributed by atoms with Gasteiger partial charge in [-0.15, -0.1) is 0 Å². The van der Waals surface area contributed by atoms with Gasteiger partial charge in [-0.1, -0.05) is 54.6 Å². The van der Waals surface area contributed by atoms with E-state index in [1.165, 1.54) is 5.56 Å². The van der Waals surface area contributed by atoms with Crippen LogP contribution in [0, 0.1) is 0 Å². The van der Waals surface area contributed by atoms with Gasteiger partial charge in [0, 0.05) is 48.1 Å². The summed E-state index contributed by atoms with van der Waals surface area (Å²) in [5, 5.41) is 6.50. The summed E-state index contributed by atoms with van der Waals surface area (Å²) in [4.78, 5) is 26.5. The van der Waals surface area contributed by atoms with Crippen LogP contribution in [0.15, 0.2) is 66.7 Å². The van der Waals surface area contributed by atoms with Crippen LogP contribution in [-0.4, -0.2) is 50.3 Å².